The van der Waals surface area contributed by atoms with Gasteiger partial charge in [0, 0.05) is 18.8 Å². The molecule has 1 atom stereocenters. The molecule has 0 saturated carbocycles. The standard InChI is InChI=1S/C15H19NO4S/c17-15(11-21(18,19)10-13-5-3-9-20-13)16-8-7-12-4-1-2-6-14(12)16/h1-2,4,6,13H,3,5,7-11H2/t13-/m0/s1. The predicted octanol–water partition coefficient (Wildman–Crippen LogP) is 1.17. The normalized spacial score (nSPS) is 21.5. The first-order chi connectivity index (χ1) is 10.1. The molecule has 0 radical (unpaired) electrons. The van der Waals surface area contributed by atoms with E-state index in [1.165, 1.54) is 0 Å². The van der Waals surface area contributed by atoms with Gasteiger partial charge in [-0.05, 0) is 30.9 Å². The van der Waals surface area contributed by atoms with Gasteiger partial charge in [0.15, 0.2) is 9.84 Å². The van der Waals surface area contributed by atoms with E-state index in [0.29, 0.717) is 13.2 Å². The number of benzene rings is 1. The Morgan fingerprint density at radius 3 is 2.90 bits per heavy atom. The largest absolute Gasteiger partial charge is 0.377 e. The fourth-order valence-corrected chi connectivity index (χ4v) is 4.46. The van der Waals surface area contributed by atoms with Gasteiger partial charge in [-0.15, -0.1) is 0 Å². The summed E-state index contributed by atoms with van der Waals surface area (Å²) in [4.78, 5) is 13.9. The van der Waals surface area contributed by atoms with Crippen LogP contribution >= 0.6 is 0 Å². The lowest BCUT2D eigenvalue weighted by molar-refractivity contribution is -0.116. The molecule has 5 nitrogen and oxygen atoms in total. The third kappa shape index (κ3) is 3.27. The average molecular weight is 309 g/mol. The maximum atomic E-state index is 12.3. The zero-order valence-corrected chi connectivity index (χ0v) is 12.6. The zero-order chi connectivity index (χ0) is 14.9. The highest BCUT2D eigenvalue weighted by Gasteiger charge is 2.30. The topological polar surface area (TPSA) is 63.7 Å². The summed E-state index contributed by atoms with van der Waals surface area (Å²) in [6.07, 6.45) is 2.20. The lowest BCUT2D eigenvalue weighted by atomic mass is 10.2. The molecule has 1 aromatic rings. The van der Waals surface area contributed by atoms with Crippen LogP contribution in [-0.4, -0.2) is 45.1 Å². The van der Waals surface area contributed by atoms with Gasteiger partial charge >= 0.3 is 0 Å². The molecule has 0 spiro atoms. The molecule has 0 aromatic heterocycles. The Labute approximate surface area is 124 Å². The van der Waals surface area contributed by atoms with Crippen molar-refractivity contribution in [2.45, 2.75) is 25.4 Å². The minimum Gasteiger partial charge on any atom is -0.377 e. The van der Waals surface area contributed by atoms with Crippen LogP contribution in [0.15, 0.2) is 24.3 Å². The van der Waals surface area contributed by atoms with Crippen molar-refractivity contribution < 1.29 is 17.9 Å². The van der Waals surface area contributed by atoms with Crippen LogP contribution in [0.5, 0.6) is 0 Å². The molecule has 0 aliphatic carbocycles. The summed E-state index contributed by atoms with van der Waals surface area (Å²) in [6, 6.07) is 7.64. The fraction of sp³-hybridized carbons (Fsp3) is 0.533. The molecule has 2 heterocycles. The number of fused-ring (bicyclic) bond motifs is 1. The second kappa shape index (κ2) is 5.77. The van der Waals surface area contributed by atoms with Crippen LogP contribution in [0.3, 0.4) is 0 Å². The number of hydrogen-bond donors (Lipinski definition) is 0. The van der Waals surface area contributed by atoms with Crippen molar-refractivity contribution in [3.8, 4) is 0 Å². The van der Waals surface area contributed by atoms with Gasteiger partial charge in [0.05, 0.1) is 11.9 Å². The Morgan fingerprint density at radius 1 is 1.33 bits per heavy atom. The van der Waals surface area contributed by atoms with E-state index < -0.39 is 15.6 Å². The van der Waals surface area contributed by atoms with E-state index in [4.69, 9.17) is 4.74 Å². The molecule has 2 aliphatic rings. The minimum absolute atomic E-state index is 0.0474. The maximum Gasteiger partial charge on any atom is 0.242 e. The number of sulfone groups is 1. The molecule has 0 unspecified atom stereocenters. The molecule has 1 saturated heterocycles. The Balaban J connectivity index is 1.66. The molecule has 0 bridgehead atoms. The number of hydrogen-bond acceptors (Lipinski definition) is 4. The highest BCUT2D eigenvalue weighted by atomic mass is 32.2. The van der Waals surface area contributed by atoms with Gasteiger partial charge in [-0.3, -0.25) is 4.79 Å². The smallest absolute Gasteiger partial charge is 0.242 e. The van der Waals surface area contributed by atoms with Gasteiger partial charge in [-0.1, -0.05) is 18.2 Å². The summed E-state index contributed by atoms with van der Waals surface area (Å²) in [5.74, 6) is -0.812. The SMILES string of the molecule is O=C(CS(=O)(=O)C[C@@H]1CCCO1)N1CCc2ccccc21. The molecule has 1 aromatic carbocycles. The van der Waals surface area contributed by atoms with E-state index in [0.717, 1.165) is 30.5 Å². The van der Waals surface area contributed by atoms with Crippen molar-refractivity contribution in [2.75, 3.05) is 29.6 Å². The van der Waals surface area contributed by atoms with Crippen LogP contribution < -0.4 is 4.90 Å². The third-order valence-electron chi connectivity index (χ3n) is 4.00. The summed E-state index contributed by atoms with van der Waals surface area (Å²) in [6.45, 7) is 1.18. The first kappa shape index (κ1) is 14.5. The van der Waals surface area contributed by atoms with Gasteiger partial charge in [0.25, 0.3) is 0 Å². The Hall–Kier alpha value is -1.40. The minimum atomic E-state index is -3.42. The van der Waals surface area contributed by atoms with Crippen LogP contribution in [0.25, 0.3) is 0 Å². The van der Waals surface area contributed by atoms with Crippen LogP contribution in [0.2, 0.25) is 0 Å². The molecule has 21 heavy (non-hydrogen) atoms. The molecule has 0 N–H and O–H groups in total. The summed E-state index contributed by atoms with van der Waals surface area (Å²) < 4.78 is 29.6. The van der Waals surface area contributed by atoms with Crippen molar-refractivity contribution in [1.82, 2.24) is 0 Å². The number of anilines is 1. The van der Waals surface area contributed by atoms with Gasteiger partial charge in [-0.25, -0.2) is 8.42 Å². The van der Waals surface area contributed by atoms with Crippen molar-refractivity contribution in [3.63, 3.8) is 0 Å². The van der Waals surface area contributed by atoms with Crippen LogP contribution in [0.4, 0.5) is 5.69 Å². The molecule has 3 rings (SSSR count). The van der Waals surface area contributed by atoms with Crippen molar-refractivity contribution in [2.24, 2.45) is 0 Å². The van der Waals surface area contributed by atoms with E-state index >= 15 is 0 Å². The van der Waals surface area contributed by atoms with E-state index in [1.807, 2.05) is 24.3 Å². The van der Waals surface area contributed by atoms with E-state index in [1.54, 1.807) is 4.90 Å². The van der Waals surface area contributed by atoms with Crippen LogP contribution in [-0.2, 0) is 25.8 Å². The van der Waals surface area contributed by atoms with Crippen molar-refractivity contribution in [3.05, 3.63) is 29.8 Å². The second-order valence-electron chi connectivity index (χ2n) is 5.61. The number of nitrogens with zero attached hydrogens (tertiary/aromatic N) is 1. The number of amides is 1. The van der Waals surface area contributed by atoms with E-state index in [9.17, 15) is 13.2 Å². The molecule has 2 aliphatic heterocycles. The zero-order valence-electron chi connectivity index (χ0n) is 11.8. The summed E-state index contributed by atoms with van der Waals surface area (Å²) in [5.41, 5.74) is 1.94. The number of carbonyl (C=O) groups excluding carboxylic acids is 1. The maximum absolute atomic E-state index is 12.3. The summed E-state index contributed by atoms with van der Waals surface area (Å²) >= 11 is 0. The number of carbonyl (C=O) groups is 1. The van der Waals surface area contributed by atoms with Crippen LogP contribution in [0.1, 0.15) is 18.4 Å². The Morgan fingerprint density at radius 2 is 2.14 bits per heavy atom. The molecule has 6 heteroatoms. The Bertz CT molecular complexity index is 635. The first-order valence-corrected chi connectivity index (χ1v) is 9.07. The van der Waals surface area contributed by atoms with Crippen LogP contribution in [0, 0.1) is 0 Å². The molecular weight excluding hydrogens is 290 g/mol. The second-order valence-corrected chi connectivity index (χ2v) is 7.72. The fourth-order valence-electron chi connectivity index (χ4n) is 2.98. The molecule has 1 fully saturated rings. The highest BCUT2D eigenvalue weighted by molar-refractivity contribution is 7.92. The lowest BCUT2D eigenvalue weighted by Crippen LogP contribution is -2.36. The highest BCUT2D eigenvalue weighted by Crippen LogP contribution is 2.27. The van der Waals surface area contributed by atoms with Crippen molar-refractivity contribution >= 4 is 21.4 Å². The van der Waals surface area contributed by atoms with Gasteiger partial charge in [-0.2, -0.15) is 0 Å². The lowest BCUT2D eigenvalue weighted by Gasteiger charge is -2.18. The summed E-state index contributed by atoms with van der Waals surface area (Å²) in [7, 11) is -3.42. The van der Waals surface area contributed by atoms with Gasteiger partial charge < -0.3 is 9.64 Å². The average Bonchev–Trinajstić information content (AvgIpc) is 3.06. The summed E-state index contributed by atoms with van der Waals surface area (Å²) in [5, 5.41) is 0. The molecule has 114 valence electrons. The van der Waals surface area contributed by atoms with Gasteiger partial charge in [0.1, 0.15) is 5.75 Å². The Kier molecular flexibility index (Phi) is 3.99. The third-order valence-corrected chi connectivity index (χ3v) is 5.56. The van der Waals surface area contributed by atoms with E-state index in [-0.39, 0.29) is 17.8 Å². The number of rotatable bonds is 4. The van der Waals surface area contributed by atoms with Crippen molar-refractivity contribution in [1.29, 1.82) is 0 Å². The number of ether oxygens (including phenoxy) is 1. The quantitative estimate of drug-likeness (QED) is 0.837. The van der Waals surface area contributed by atoms with Gasteiger partial charge in [0.2, 0.25) is 5.91 Å². The first-order valence-electron chi connectivity index (χ1n) is 7.25. The van der Waals surface area contributed by atoms with E-state index in [2.05, 4.69) is 0 Å². The monoisotopic (exact) mass is 309 g/mol. The predicted molar refractivity (Wildman–Crippen MR) is 80.1 cm³/mol. The molecule has 1 amide bonds. The molecular formula is C15H19NO4S. The number of para-hydroxylation sites is 1.